The molecule has 28 heavy (non-hydrogen) atoms. The number of aryl methyl sites for hydroxylation is 1. The van der Waals surface area contributed by atoms with Crippen molar-refractivity contribution in [2.24, 2.45) is 0 Å². The number of nitrogens with zero attached hydrogens (tertiary/aromatic N) is 2. The third-order valence-corrected chi connectivity index (χ3v) is 4.59. The average Bonchev–Trinajstić information content (AvgIpc) is 3.14. The highest BCUT2D eigenvalue weighted by molar-refractivity contribution is 6.30. The van der Waals surface area contributed by atoms with Gasteiger partial charge in [-0.25, -0.2) is 4.68 Å². The molecule has 0 aliphatic heterocycles. The van der Waals surface area contributed by atoms with Crippen LogP contribution in [-0.2, 0) is 17.8 Å². The van der Waals surface area contributed by atoms with E-state index in [9.17, 15) is 4.79 Å². The molecule has 0 atom stereocenters. The normalized spacial score (nSPS) is 10.5. The van der Waals surface area contributed by atoms with Crippen LogP contribution in [-0.4, -0.2) is 29.9 Å². The quantitative estimate of drug-likeness (QED) is 0.617. The predicted octanol–water partition coefficient (Wildman–Crippen LogP) is 4.17. The van der Waals surface area contributed by atoms with E-state index >= 15 is 0 Å². The van der Waals surface area contributed by atoms with Crippen LogP contribution in [0.25, 0.3) is 0 Å². The van der Waals surface area contributed by atoms with Crippen molar-refractivity contribution in [1.29, 1.82) is 0 Å². The molecule has 6 nitrogen and oxygen atoms in total. The van der Waals surface area contributed by atoms with E-state index in [0.717, 1.165) is 11.1 Å². The van der Waals surface area contributed by atoms with E-state index in [2.05, 4.69) is 10.4 Å². The number of anilines is 1. The zero-order valence-corrected chi connectivity index (χ0v) is 16.6. The van der Waals surface area contributed by atoms with Crippen molar-refractivity contribution >= 4 is 23.3 Å². The Bertz CT molecular complexity index is 938. The SMILES string of the molecule is COc1cccc(CCC(=O)Nc2ccnn2Cc2ccc(Cl)cc2)c1OC. The lowest BCUT2D eigenvalue weighted by atomic mass is 10.1. The summed E-state index contributed by atoms with van der Waals surface area (Å²) in [7, 11) is 3.19. The summed E-state index contributed by atoms with van der Waals surface area (Å²) in [5, 5.41) is 7.90. The van der Waals surface area contributed by atoms with Gasteiger partial charge in [0.1, 0.15) is 5.82 Å². The molecule has 7 heteroatoms. The molecule has 1 aromatic heterocycles. The highest BCUT2D eigenvalue weighted by Crippen LogP contribution is 2.31. The van der Waals surface area contributed by atoms with Gasteiger partial charge in [-0.3, -0.25) is 4.79 Å². The van der Waals surface area contributed by atoms with E-state index in [-0.39, 0.29) is 5.91 Å². The van der Waals surface area contributed by atoms with Crippen LogP contribution in [0, 0.1) is 0 Å². The van der Waals surface area contributed by atoms with Crippen LogP contribution in [0.3, 0.4) is 0 Å². The first-order valence-electron chi connectivity index (χ1n) is 8.86. The Balaban J connectivity index is 1.62. The number of ether oxygens (including phenoxy) is 2. The van der Waals surface area contributed by atoms with Crippen LogP contribution in [0.1, 0.15) is 17.5 Å². The number of amides is 1. The van der Waals surface area contributed by atoms with E-state index in [0.29, 0.717) is 41.7 Å². The second-order valence-electron chi connectivity index (χ2n) is 6.20. The van der Waals surface area contributed by atoms with Crippen molar-refractivity contribution in [2.75, 3.05) is 19.5 Å². The van der Waals surface area contributed by atoms with E-state index < -0.39 is 0 Å². The zero-order chi connectivity index (χ0) is 19.9. The summed E-state index contributed by atoms with van der Waals surface area (Å²) < 4.78 is 12.5. The number of rotatable bonds is 8. The van der Waals surface area contributed by atoms with Gasteiger partial charge in [0, 0.05) is 17.5 Å². The minimum absolute atomic E-state index is 0.0947. The minimum atomic E-state index is -0.0947. The van der Waals surface area contributed by atoms with Crippen molar-refractivity contribution in [1.82, 2.24) is 9.78 Å². The van der Waals surface area contributed by atoms with Gasteiger partial charge in [-0.1, -0.05) is 35.9 Å². The smallest absolute Gasteiger partial charge is 0.225 e. The van der Waals surface area contributed by atoms with Crippen LogP contribution in [0.15, 0.2) is 54.7 Å². The lowest BCUT2D eigenvalue weighted by molar-refractivity contribution is -0.116. The Morgan fingerprint density at radius 3 is 2.61 bits per heavy atom. The molecule has 1 amide bonds. The third kappa shape index (κ3) is 4.84. The molecule has 3 aromatic rings. The first-order valence-corrected chi connectivity index (χ1v) is 9.24. The molecule has 0 fully saturated rings. The van der Waals surface area contributed by atoms with Crippen LogP contribution >= 0.6 is 11.6 Å². The molecule has 0 aliphatic carbocycles. The third-order valence-electron chi connectivity index (χ3n) is 4.34. The number of benzene rings is 2. The number of nitrogens with one attached hydrogen (secondary N) is 1. The van der Waals surface area contributed by atoms with E-state index in [1.807, 2.05) is 42.5 Å². The molecule has 0 radical (unpaired) electrons. The highest BCUT2D eigenvalue weighted by atomic mass is 35.5. The summed E-state index contributed by atoms with van der Waals surface area (Å²) >= 11 is 5.92. The molecule has 0 aliphatic rings. The monoisotopic (exact) mass is 399 g/mol. The highest BCUT2D eigenvalue weighted by Gasteiger charge is 2.12. The summed E-state index contributed by atoms with van der Waals surface area (Å²) in [5.74, 6) is 1.87. The first-order chi connectivity index (χ1) is 13.6. The Morgan fingerprint density at radius 2 is 1.89 bits per heavy atom. The summed E-state index contributed by atoms with van der Waals surface area (Å²) in [6.45, 7) is 0.545. The molecular formula is C21H22ClN3O3. The number of aromatic nitrogens is 2. The van der Waals surface area contributed by atoms with Crippen molar-refractivity contribution in [2.45, 2.75) is 19.4 Å². The second-order valence-corrected chi connectivity index (χ2v) is 6.64. The lowest BCUT2D eigenvalue weighted by Crippen LogP contribution is -2.16. The molecule has 1 heterocycles. The van der Waals surface area contributed by atoms with Gasteiger partial charge in [0.25, 0.3) is 0 Å². The van der Waals surface area contributed by atoms with Crippen LogP contribution in [0.5, 0.6) is 11.5 Å². The fourth-order valence-electron chi connectivity index (χ4n) is 2.93. The van der Waals surface area contributed by atoms with Gasteiger partial charge in [-0.05, 0) is 35.7 Å². The number of carbonyl (C=O) groups excluding carboxylic acids is 1. The maximum atomic E-state index is 12.4. The number of carbonyl (C=O) groups is 1. The van der Waals surface area contributed by atoms with Gasteiger partial charge in [-0.2, -0.15) is 5.10 Å². The van der Waals surface area contributed by atoms with Gasteiger partial charge in [0.2, 0.25) is 5.91 Å². The number of hydrogen-bond acceptors (Lipinski definition) is 4. The summed E-state index contributed by atoms with van der Waals surface area (Å²) in [6.07, 6.45) is 2.52. The second kappa shape index (κ2) is 9.28. The van der Waals surface area contributed by atoms with Crippen LogP contribution in [0.4, 0.5) is 5.82 Å². The molecule has 2 aromatic carbocycles. The van der Waals surface area contributed by atoms with Gasteiger partial charge < -0.3 is 14.8 Å². The molecule has 146 valence electrons. The van der Waals surface area contributed by atoms with E-state index in [4.69, 9.17) is 21.1 Å². The average molecular weight is 400 g/mol. The van der Waals surface area contributed by atoms with E-state index in [1.165, 1.54) is 0 Å². The first kappa shape index (κ1) is 19.8. The zero-order valence-electron chi connectivity index (χ0n) is 15.8. The maximum absolute atomic E-state index is 12.4. The van der Waals surface area contributed by atoms with Crippen LogP contribution < -0.4 is 14.8 Å². The topological polar surface area (TPSA) is 65.4 Å². The number of hydrogen-bond donors (Lipinski definition) is 1. The van der Waals surface area contributed by atoms with Crippen molar-refractivity contribution in [3.05, 3.63) is 70.9 Å². The van der Waals surface area contributed by atoms with Gasteiger partial charge >= 0.3 is 0 Å². The summed E-state index contributed by atoms with van der Waals surface area (Å²) in [5.41, 5.74) is 1.97. The fourth-order valence-corrected chi connectivity index (χ4v) is 3.06. The summed E-state index contributed by atoms with van der Waals surface area (Å²) in [6, 6.07) is 15.0. The van der Waals surface area contributed by atoms with E-state index in [1.54, 1.807) is 31.2 Å². The molecule has 0 saturated carbocycles. The van der Waals surface area contributed by atoms with Crippen LogP contribution in [0.2, 0.25) is 5.02 Å². The van der Waals surface area contributed by atoms with Crippen molar-refractivity contribution < 1.29 is 14.3 Å². The molecule has 0 unspecified atom stereocenters. The largest absolute Gasteiger partial charge is 0.493 e. The molecule has 0 saturated heterocycles. The molecular weight excluding hydrogens is 378 g/mol. The van der Waals surface area contributed by atoms with Crippen molar-refractivity contribution in [3.8, 4) is 11.5 Å². The summed E-state index contributed by atoms with van der Waals surface area (Å²) in [4.78, 5) is 12.4. The molecule has 1 N–H and O–H groups in total. The van der Waals surface area contributed by atoms with Gasteiger partial charge in [-0.15, -0.1) is 0 Å². The number of methoxy groups -OCH3 is 2. The molecule has 3 rings (SSSR count). The Kier molecular flexibility index (Phi) is 6.55. The fraction of sp³-hybridized carbons (Fsp3) is 0.238. The predicted molar refractivity (Wildman–Crippen MR) is 109 cm³/mol. The maximum Gasteiger partial charge on any atom is 0.225 e. The van der Waals surface area contributed by atoms with Gasteiger partial charge in [0.15, 0.2) is 11.5 Å². The van der Waals surface area contributed by atoms with Crippen molar-refractivity contribution in [3.63, 3.8) is 0 Å². The molecule has 0 bridgehead atoms. The number of halogens is 1. The Labute approximate surface area is 169 Å². The van der Waals surface area contributed by atoms with Gasteiger partial charge in [0.05, 0.1) is 27.0 Å². The number of para-hydroxylation sites is 1. The molecule has 0 spiro atoms. The Morgan fingerprint density at radius 1 is 1.11 bits per heavy atom. The lowest BCUT2D eigenvalue weighted by Gasteiger charge is -2.13. The Hall–Kier alpha value is -2.99. The minimum Gasteiger partial charge on any atom is -0.493 e. The standard InChI is InChI=1S/C21H22ClN3O3/c1-27-18-5-3-4-16(21(18)28-2)8-11-20(26)24-19-12-13-23-25(19)14-15-6-9-17(22)10-7-15/h3-7,9-10,12-13H,8,11,14H2,1-2H3,(H,24,26).